The zero-order valence-electron chi connectivity index (χ0n) is 15.0. The highest BCUT2D eigenvalue weighted by atomic mass is 19.1. The second-order valence-corrected chi connectivity index (χ2v) is 6.23. The van der Waals surface area contributed by atoms with Gasteiger partial charge in [0.05, 0.1) is 6.42 Å². The molecule has 1 atom stereocenters. The van der Waals surface area contributed by atoms with Gasteiger partial charge in [-0.3, -0.25) is 9.59 Å². The number of carbonyl (C=O) groups excluding carboxylic acids is 2. The Hall–Kier alpha value is -2.69. The van der Waals surface area contributed by atoms with Crippen molar-refractivity contribution in [1.82, 2.24) is 10.6 Å². The lowest BCUT2D eigenvalue weighted by atomic mass is 9.93. The van der Waals surface area contributed by atoms with Crippen LogP contribution in [0.1, 0.15) is 36.8 Å². The van der Waals surface area contributed by atoms with E-state index in [1.165, 1.54) is 12.1 Å². The molecule has 0 aliphatic rings. The van der Waals surface area contributed by atoms with Gasteiger partial charge in [0.1, 0.15) is 5.82 Å². The van der Waals surface area contributed by atoms with E-state index in [4.69, 9.17) is 0 Å². The summed E-state index contributed by atoms with van der Waals surface area (Å²) in [5, 5.41) is 5.56. The molecule has 0 aliphatic heterocycles. The van der Waals surface area contributed by atoms with E-state index in [0.29, 0.717) is 25.1 Å². The number of carbonyl (C=O) groups is 2. The van der Waals surface area contributed by atoms with Crippen molar-refractivity contribution in [3.05, 3.63) is 71.5 Å². The Balaban J connectivity index is 1.67. The van der Waals surface area contributed by atoms with Crippen LogP contribution in [0.5, 0.6) is 0 Å². The summed E-state index contributed by atoms with van der Waals surface area (Å²) in [4.78, 5) is 23.9. The number of hydrogen-bond donors (Lipinski definition) is 2. The number of halogens is 1. The molecule has 0 aromatic heterocycles. The van der Waals surface area contributed by atoms with E-state index in [2.05, 4.69) is 17.6 Å². The van der Waals surface area contributed by atoms with Gasteiger partial charge in [0.25, 0.3) is 0 Å². The molecule has 2 N–H and O–H groups in total. The molecule has 2 aromatic rings. The third-order valence-electron chi connectivity index (χ3n) is 4.22. The lowest BCUT2D eigenvalue weighted by Gasteiger charge is -2.15. The summed E-state index contributed by atoms with van der Waals surface area (Å²) in [6.45, 7) is 2.79. The van der Waals surface area contributed by atoms with Crippen molar-refractivity contribution in [2.75, 3.05) is 13.1 Å². The topological polar surface area (TPSA) is 58.2 Å². The quantitative estimate of drug-likeness (QED) is 0.678. The smallest absolute Gasteiger partial charge is 0.224 e. The van der Waals surface area contributed by atoms with Gasteiger partial charge >= 0.3 is 0 Å². The van der Waals surface area contributed by atoms with Gasteiger partial charge in [0, 0.05) is 19.5 Å². The molecule has 0 saturated carbocycles. The maximum atomic E-state index is 13.1. The maximum absolute atomic E-state index is 13.1. The minimum Gasteiger partial charge on any atom is -0.354 e. The molecular formula is C21H25FN2O2. The van der Waals surface area contributed by atoms with Crippen LogP contribution < -0.4 is 10.6 Å². The zero-order valence-corrected chi connectivity index (χ0v) is 15.0. The molecule has 2 amide bonds. The van der Waals surface area contributed by atoms with Crippen LogP contribution in [-0.2, 0) is 16.0 Å². The van der Waals surface area contributed by atoms with Crippen molar-refractivity contribution < 1.29 is 14.0 Å². The highest BCUT2D eigenvalue weighted by Crippen LogP contribution is 2.22. The van der Waals surface area contributed by atoms with Crippen molar-refractivity contribution in [3.63, 3.8) is 0 Å². The van der Waals surface area contributed by atoms with Gasteiger partial charge in [0.15, 0.2) is 0 Å². The number of hydrogen-bond acceptors (Lipinski definition) is 2. The first-order valence-corrected chi connectivity index (χ1v) is 8.91. The summed E-state index contributed by atoms with van der Waals surface area (Å²) in [7, 11) is 0. The molecule has 0 saturated heterocycles. The van der Waals surface area contributed by atoms with Crippen molar-refractivity contribution in [1.29, 1.82) is 0 Å². The van der Waals surface area contributed by atoms with Crippen LogP contribution in [0.15, 0.2) is 54.6 Å². The van der Waals surface area contributed by atoms with Crippen LogP contribution in [0, 0.1) is 5.82 Å². The van der Waals surface area contributed by atoms with Crippen molar-refractivity contribution >= 4 is 11.8 Å². The third-order valence-corrected chi connectivity index (χ3v) is 4.22. The Morgan fingerprint density at radius 1 is 0.962 bits per heavy atom. The average molecular weight is 356 g/mol. The average Bonchev–Trinajstić information content (AvgIpc) is 2.64. The summed E-state index contributed by atoms with van der Waals surface area (Å²) in [6.07, 6.45) is 1.44. The molecule has 1 unspecified atom stereocenters. The highest BCUT2D eigenvalue weighted by molar-refractivity contribution is 5.79. The van der Waals surface area contributed by atoms with E-state index >= 15 is 0 Å². The highest BCUT2D eigenvalue weighted by Gasteiger charge is 2.13. The summed E-state index contributed by atoms with van der Waals surface area (Å²) in [6, 6.07) is 16.0. The fraction of sp³-hybridized carbons (Fsp3) is 0.333. The third kappa shape index (κ3) is 6.67. The number of rotatable bonds is 9. The van der Waals surface area contributed by atoms with Crippen LogP contribution in [0.4, 0.5) is 4.39 Å². The molecule has 138 valence electrons. The molecule has 4 nitrogen and oxygen atoms in total. The van der Waals surface area contributed by atoms with Crippen LogP contribution in [0.2, 0.25) is 0 Å². The van der Waals surface area contributed by atoms with E-state index < -0.39 is 0 Å². The number of benzene rings is 2. The van der Waals surface area contributed by atoms with Gasteiger partial charge in [-0.1, -0.05) is 49.4 Å². The number of amides is 2. The van der Waals surface area contributed by atoms with Crippen molar-refractivity contribution in [2.24, 2.45) is 0 Å². The second-order valence-electron chi connectivity index (χ2n) is 6.23. The van der Waals surface area contributed by atoms with Crippen LogP contribution in [-0.4, -0.2) is 24.9 Å². The van der Waals surface area contributed by atoms with Crippen molar-refractivity contribution in [3.8, 4) is 0 Å². The van der Waals surface area contributed by atoms with Gasteiger partial charge in [-0.2, -0.15) is 0 Å². The molecule has 0 fully saturated rings. The normalized spacial score (nSPS) is 11.6. The van der Waals surface area contributed by atoms with Crippen molar-refractivity contribution in [2.45, 2.75) is 32.1 Å². The van der Waals surface area contributed by atoms with Gasteiger partial charge in [-0.05, 0) is 35.6 Å². The maximum Gasteiger partial charge on any atom is 0.224 e. The molecule has 0 spiro atoms. The van der Waals surface area contributed by atoms with E-state index in [1.807, 2.05) is 30.3 Å². The molecule has 0 radical (unpaired) electrons. The number of nitrogens with one attached hydrogen (secondary N) is 2. The SMILES string of the molecule is CCC(CC(=O)NCCNC(=O)Cc1cccc(F)c1)c1ccccc1. The molecule has 2 rings (SSSR count). The fourth-order valence-corrected chi connectivity index (χ4v) is 2.82. The van der Waals surface area contributed by atoms with Crippen LogP contribution >= 0.6 is 0 Å². The standard InChI is InChI=1S/C21H25FN2O2/c1-2-17(18-8-4-3-5-9-18)15-21(26)24-12-11-23-20(25)14-16-7-6-10-19(22)13-16/h3-10,13,17H,2,11-12,14-15H2,1H3,(H,23,25)(H,24,26). The Kier molecular flexibility index (Phi) is 7.80. The first kappa shape index (κ1) is 19.6. The summed E-state index contributed by atoms with van der Waals surface area (Å²) < 4.78 is 13.1. The first-order valence-electron chi connectivity index (χ1n) is 8.91. The molecule has 26 heavy (non-hydrogen) atoms. The lowest BCUT2D eigenvalue weighted by molar-refractivity contribution is -0.122. The minimum atomic E-state index is -0.355. The van der Waals surface area contributed by atoms with Gasteiger partial charge < -0.3 is 10.6 Å². The molecule has 2 aromatic carbocycles. The Morgan fingerprint density at radius 3 is 2.31 bits per heavy atom. The summed E-state index contributed by atoms with van der Waals surface area (Å²) in [5.74, 6) is -0.383. The molecule has 0 bridgehead atoms. The Morgan fingerprint density at radius 2 is 1.65 bits per heavy atom. The van der Waals surface area contributed by atoms with E-state index in [1.54, 1.807) is 12.1 Å². The second kappa shape index (κ2) is 10.3. The summed E-state index contributed by atoms with van der Waals surface area (Å²) >= 11 is 0. The van der Waals surface area contributed by atoms with Gasteiger partial charge in [0.2, 0.25) is 11.8 Å². The summed E-state index contributed by atoms with van der Waals surface area (Å²) in [5.41, 5.74) is 1.79. The fourth-order valence-electron chi connectivity index (χ4n) is 2.82. The Bertz CT molecular complexity index is 719. The predicted octanol–water partition coefficient (Wildman–Crippen LogP) is 3.18. The molecule has 0 heterocycles. The lowest BCUT2D eigenvalue weighted by Crippen LogP contribution is -2.35. The Labute approximate surface area is 153 Å². The van der Waals surface area contributed by atoms with E-state index in [-0.39, 0.29) is 30.0 Å². The zero-order chi connectivity index (χ0) is 18.8. The molecule has 0 aliphatic carbocycles. The van der Waals surface area contributed by atoms with Crippen LogP contribution in [0.3, 0.4) is 0 Å². The first-order chi connectivity index (χ1) is 12.6. The molecular weight excluding hydrogens is 331 g/mol. The largest absolute Gasteiger partial charge is 0.354 e. The van der Waals surface area contributed by atoms with Crippen LogP contribution in [0.25, 0.3) is 0 Å². The van der Waals surface area contributed by atoms with E-state index in [9.17, 15) is 14.0 Å². The van der Waals surface area contributed by atoms with Gasteiger partial charge in [-0.15, -0.1) is 0 Å². The van der Waals surface area contributed by atoms with E-state index in [0.717, 1.165) is 12.0 Å². The molecule has 5 heteroatoms. The minimum absolute atomic E-state index is 0.0277. The monoisotopic (exact) mass is 356 g/mol. The predicted molar refractivity (Wildman–Crippen MR) is 100 cm³/mol. The van der Waals surface area contributed by atoms with Gasteiger partial charge in [-0.25, -0.2) is 4.39 Å².